The van der Waals surface area contributed by atoms with Gasteiger partial charge in [-0.3, -0.25) is 14.7 Å². The van der Waals surface area contributed by atoms with E-state index in [1.54, 1.807) is 29.0 Å². The molecule has 33 heavy (non-hydrogen) atoms. The number of fused-ring (bicyclic) bond motifs is 1. The smallest absolute Gasteiger partial charge is 0.251 e. The molecule has 0 fully saturated rings. The lowest BCUT2D eigenvalue weighted by Crippen LogP contribution is -2.46. The molecule has 4 rings (SSSR count). The number of benzene rings is 1. The number of pyridine rings is 1. The van der Waals surface area contributed by atoms with Gasteiger partial charge in [0.2, 0.25) is 0 Å². The number of hydrogen-bond donors (Lipinski definition) is 2. The molecule has 1 aromatic carbocycles. The molecule has 0 aliphatic heterocycles. The molecule has 170 valence electrons. The second-order valence-electron chi connectivity index (χ2n) is 7.70. The Hall–Kier alpha value is -3.62. The van der Waals surface area contributed by atoms with E-state index in [2.05, 4.69) is 20.3 Å². The van der Waals surface area contributed by atoms with Crippen LogP contribution in [0, 0.1) is 0 Å². The molecule has 0 aliphatic carbocycles. The number of carbonyl (C=O) groups is 1. The summed E-state index contributed by atoms with van der Waals surface area (Å²) in [5.74, 6) is -0.210. The molecule has 0 saturated carbocycles. The average Bonchev–Trinajstić information content (AvgIpc) is 3.30. The van der Waals surface area contributed by atoms with Crippen LogP contribution >= 0.6 is 0 Å². The number of aliphatic hydroxyl groups excluding tert-OH is 1. The monoisotopic (exact) mass is 444 g/mol. The van der Waals surface area contributed by atoms with Gasteiger partial charge in [0.05, 0.1) is 35.8 Å². The third-order valence-corrected chi connectivity index (χ3v) is 5.77. The highest BCUT2D eigenvalue weighted by molar-refractivity contribution is 5.95. The lowest BCUT2D eigenvalue weighted by molar-refractivity contribution is 0.0904. The molecular formula is C25H28N6O2. The standard InChI is InChI=1S/C25H28N6O2/c1-3-30(4-2)20(17-32)15-27-25(33)19-10-12-26-23(14-19)21-16-28-31-13-11-22(29-24(21)31)18-8-6-5-7-9-18/h5-14,16,20,32H,3-4,15,17H2,1-2H3,(H,27,33). The number of aliphatic hydroxyl groups is 1. The van der Waals surface area contributed by atoms with Gasteiger partial charge in [-0.15, -0.1) is 0 Å². The molecule has 0 bridgehead atoms. The van der Waals surface area contributed by atoms with Crippen molar-refractivity contribution in [3.63, 3.8) is 0 Å². The van der Waals surface area contributed by atoms with Gasteiger partial charge in [0, 0.05) is 30.1 Å². The van der Waals surface area contributed by atoms with Gasteiger partial charge in [0.15, 0.2) is 5.65 Å². The molecule has 4 aromatic rings. The summed E-state index contributed by atoms with van der Waals surface area (Å²) in [6.07, 6.45) is 5.19. The van der Waals surface area contributed by atoms with Crippen molar-refractivity contribution in [2.24, 2.45) is 0 Å². The van der Waals surface area contributed by atoms with Crippen LogP contribution in [-0.4, -0.2) is 67.8 Å². The maximum atomic E-state index is 12.8. The van der Waals surface area contributed by atoms with Gasteiger partial charge in [-0.05, 0) is 31.3 Å². The molecule has 1 unspecified atom stereocenters. The van der Waals surface area contributed by atoms with Crippen molar-refractivity contribution in [3.8, 4) is 22.5 Å². The van der Waals surface area contributed by atoms with Gasteiger partial charge in [0.1, 0.15) is 0 Å². The predicted molar refractivity (Wildman–Crippen MR) is 128 cm³/mol. The second kappa shape index (κ2) is 10.3. The molecule has 8 nitrogen and oxygen atoms in total. The van der Waals surface area contributed by atoms with Crippen molar-refractivity contribution < 1.29 is 9.90 Å². The molecule has 1 amide bonds. The van der Waals surface area contributed by atoms with Crippen LogP contribution in [0.4, 0.5) is 0 Å². The van der Waals surface area contributed by atoms with Crippen molar-refractivity contribution in [1.82, 2.24) is 29.8 Å². The Morgan fingerprint density at radius 1 is 1.12 bits per heavy atom. The third-order valence-electron chi connectivity index (χ3n) is 5.77. The summed E-state index contributed by atoms with van der Waals surface area (Å²) in [4.78, 5) is 24.2. The van der Waals surface area contributed by atoms with Gasteiger partial charge in [-0.25, -0.2) is 9.50 Å². The zero-order chi connectivity index (χ0) is 23.2. The molecule has 0 saturated heterocycles. The van der Waals surface area contributed by atoms with E-state index >= 15 is 0 Å². The van der Waals surface area contributed by atoms with E-state index in [1.165, 1.54) is 0 Å². The molecular weight excluding hydrogens is 416 g/mol. The number of amides is 1. The van der Waals surface area contributed by atoms with Gasteiger partial charge >= 0.3 is 0 Å². The van der Waals surface area contributed by atoms with E-state index in [0.717, 1.165) is 29.9 Å². The van der Waals surface area contributed by atoms with Gasteiger partial charge in [0.25, 0.3) is 5.91 Å². The fraction of sp³-hybridized carbons (Fsp3) is 0.280. The van der Waals surface area contributed by atoms with Gasteiger partial charge in [-0.2, -0.15) is 5.10 Å². The predicted octanol–water partition coefficient (Wildman–Crippen LogP) is 2.89. The Morgan fingerprint density at radius 3 is 2.64 bits per heavy atom. The van der Waals surface area contributed by atoms with Crippen LogP contribution in [0.25, 0.3) is 28.2 Å². The summed E-state index contributed by atoms with van der Waals surface area (Å²) in [7, 11) is 0. The summed E-state index contributed by atoms with van der Waals surface area (Å²) in [6, 6.07) is 15.2. The SMILES string of the molecule is CCN(CC)C(CO)CNC(=O)c1ccnc(-c2cnn3ccc(-c4ccccc4)nc23)c1. The normalized spacial score (nSPS) is 12.2. The van der Waals surface area contributed by atoms with Crippen LogP contribution < -0.4 is 5.32 Å². The number of aromatic nitrogens is 4. The first kappa shape index (κ1) is 22.6. The molecule has 0 spiro atoms. The topological polar surface area (TPSA) is 95.7 Å². The largest absolute Gasteiger partial charge is 0.395 e. The van der Waals surface area contributed by atoms with Crippen molar-refractivity contribution in [3.05, 3.63) is 72.7 Å². The van der Waals surface area contributed by atoms with E-state index < -0.39 is 0 Å². The first-order valence-electron chi connectivity index (χ1n) is 11.1. The quantitative estimate of drug-likeness (QED) is 0.412. The van der Waals surface area contributed by atoms with Gasteiger partial charge < -0.3 is 10.4 Å². The molecule has 2 N–H and O–H groups in total. The van der Waals surface area contributed by atoms with Gasteiger partial charge in [-0.1, -0.05) is 44.2 Å². The van der Waals surface area contributed by atoms with Crippen LogP contribution in [0.5, 0.6) is 0 Å². The Bertz CT molecular complexity index is 1220. The minimum atomic E-state index is -0.210. The van der Waals surface area contributed by atoms with E-state index in [9.17, 15) is 9.90 Å². The van der Waals surface area contributed by atoms with E-state index in [1.807, 2.05) is 56.4 Å². The summed E-state index contributed by atoms with van der Waals surface area (Å²) in [5.41, 5.74) is 4.39. The third kappa shape index (κ3) is 4.92. The molecule has 0 aliphatic rings. The highest BCUT2D eigenvalue weighted by Gasteiger charge is 2.17. The van der Waals surface area contributed by atoms with Crippen LogP contribution in [0.15, 0.2) is 67.1 Å². The number of likely N-dealkylation sites (N-methyl/N-ethyl adjacent to an activating group) is 1. The number of rotatable bonds is 9. The lowest BCUT2D eigenvalue weighted by atomic mass is 10.1. The summed E-state index contributed by atoms with van der Waals surface area (Å²) >= 11 is 0. The van der Waals surface area contributed by atoms with Crippen molar-refractivity contribution in [2.75, 3.05) is 26.2 Å². The van der Waals surface area contributed by atoms with E-state index in [4.69, 9.17) is 4.98 Å². The number of nitrogens with zero attached hydrogens (tertiary/aromatic N) is 5. The Balaban J connectivity index is 1.58. The van der Waals surface area contributed by atoms with Crippen LogP contribution in [0.3, 0.4) is 0 Å². The first-order valence-corrected chi connectivity index (χ1v) is 11.1. The Morgan fingerprint density at radius 2 is 1.91 bits per heavy atom. The maximum Gasteiger partial charge on any atom is 0.251 e. The summed E-state index contributed by atoms with van der Waals surface area (Å²) in [6.45, 7) is 6.05. The van der Waals surface area contributed by atoms with Crippen LogP contribution in [0.1, 0.15) is 24.2 Å². The first-order chi connectivity index (χ1) is 16.1. The maximum absolute atomic E-state index is 12.8. The lowest BCUT2D eigenvalue weighted by Gasteiger charge is -2.28. The second-order valence-corrected chi connectivity index (χ2v) is 7.70. The zero-order valence-corrected chi connectivity index (χ0v) is 18.8. The Kier molecular flexibility index (Phi) is 7.07. The van der Waals surface area contributed by atoms with Crippen molar-refractivity contribution in [1.29, 1.82) is 0 Å². The van der Waals surface area contributed by atoms with Crippen molar-refractivity contribution in [2.45, 2.75) is 19.9 Å². The minimum absolute atomic E-state index is 0.0125. The van der Waals surface area contributed by atoms with Crippen LogP contribution in [0.2, 0.25) is 0 Å². The summed E-state index contributed by atoms with van der Waals surface area (Å²) < 4.78 is 1.70. The number of nitrogens with one attached hydrogen (secondary N) is 1. The van der Waals surface area contributed by atoms with Crippen molar-refractivity contribution >= 4 is 11.6 Å². The molecule has 1 atom stereocenters. The fourth-order valence-corrected chi connectivity index (χ4v) is 3.90. The Labute approximate surface area is 192 Å². The average molecular weight is 445 g/mol. The number of carbonyl (C=O) groups excluding carboxylic acids is 1. The molecule has 8 heteroatoms. The van der Waals surface area contributed by atoms with E-state index in [0.29, 0.717) is 23.4 Å². The minimum Gasteiger partial charge on any atom is -0.395 e. The number of hydrogen-bond acceptors (Lipinski definition) is 6. The molecule has 3 heterocycles. The van der Waals surface area contributed by atoms with Crippen LogP contribution in [-0.2, 0) is 0 Å². The molecule has 0 radical (unpaired) electrons. The zero-order valence-electron chi connectivity index (χ0n) is 18.8. The molecule has 3 aromatic heterocycles. The highest BCUT2D eigenvalue weighted by Crippen LogP contribution is 2.25. The highest BCUT2D eigenvalue weighted by atomic mass is 16.3. The fourth-order valence-electron chi connectivity index (χ4n) is 3.90. The van der Waals surface area contributed by atoms with E-state index in [-0.39, 0.29) is 18.6 Å². The summed E-state index contributed by atoms with van der Waals surface area (Å²) in [5, 5.41) is 17.0.